The SMILES string of the molecule is CCCCCO[C@@H]1C[C@H]2[C@@H]3CC[C@H](CC)[C@@]3(C)CC[C@@H]2[C@@]2(C)C=CCC=C12. The fourth-order valence-corrected chi connectivity index (χ4v) is 7.89. The Morgan fingerprint density at radius 3 is 2.70 bits per heavy atom. The molecule has 0 aromatic carbocycles. The van der Waals surface area contributed by atoms with Crippen molar-refractivity contribution in [2.45, 2.75) is 98.0 Å². The Morgan fingerprint density at radius 1 is 1.07 bits per heavy atom. The second kappa shape index (κ2) is 7.69. The highest BCUT2D eigenvalue weighted by molar-refractivity contribution is 5.34. The van der Waals surface area contributed by atoms with Crippen molar-refractivity contribution in [3.05, 3.63) is 23.8 Å². The van der Waals surface area contributed by atoms with Crippen LogP contribution in [0.3, 0.4) is 0 Å². The summed E-state index contributed by atoms with van der Waals surface area (Å²) in [6.07, 6.45) is 21.3. The molecule has 4 aliphatic rings. The van der Waals surface area contributed by atoms with Gasteiger partial charge in [0.2, 0.25) is 0 Å². The number of allylic oxidation sites excluding steroid dienone is 3. The van der Waals surface area contributed by atoms with Gasteiger partial charge in [0.15, 0.2) is 0 Å². The molecule has 0 heterocycles. The predicted molar refractivity (Wildman–Crippen MR) is 115 cm³/mol. The fraction of sp³-hybridized carbons (Fsp3) is 0.846. The van der Waals surface area contributed by atoms with Crippen LogP contribution in [0.25, 0.3) is 0 Å². The monoisotopic (exact) mass is 370 g/mol. The molecule has 4 aliphatic carbocycles. The summed E-state index contributed by atoms with van der Waals surface area (Å²) in [4.78, 5) is 0. The van der Waals surface area contributed by atoms with E-state index in [0.29, 0.717) is 11.5 Å². The van der Waals surface area contributed by atoms with Gasteiger partial charge in [0.05, 0.1) is 6.10 Å². The Balaban J connectivity index is 1.60. The zero-order chi connectivity index (χ0) is 19.1. The van der Waals surface area contributed by atoms with Gasteiger partial charge in [-0.15, -0.1) is 0 Å². The smallest absolute Gasteiger partial charge is 0.0796 e. The minimum atomic E-state index is 0.252. The molecule has 7 atom stereocenters. The van der Waals surface area contributed by atoms with Gasteiger partial charge in [-0.3, -0.25) is 0 Å². The van der Waals surface area contributed by atoms with Crippen molar-refractivity contribution < 1.29 is 4.74 Å². The Kier molecular flexibility index (Phi) is 5.63. The van der Waals surface area contributed by atoms with Crippen molar-refractivity contribution in [1.82, 2.24) is 0 Å². The molecule has 1 heteroatoms. The van der Waals surface area contributed by atoms with Gasteiger partial charge >= 0.3 is 0 Å². The number of hydrogen-bond donors (Lipinski definition) is 0. The quantitative estimate of drug-likeness (QED) is 0.351. The van der Waals surface area contributed by atoms with E-state index in [9.17, 15) is 0 Å². The van der Waals surface area contributed by atoms with E-state index in [0.717, 1.165) is 36.7 Å². The summed E-state index contributed by atoms with van der Waals surface area (Å²) < 4.78 is 6.60. The van der Waals surface area contributed by atoms with Crippen molar-refractivity contribution in [3.63, 3.8) is 0 Å². The number of hydrogen-bond acceptors (Lipinski definition) is 1. The minimum Gasteiger partial charge on any atom is -0.374 e. The lowest BCUT2D eigenvalue weighted by molar-refractivity contribution is -0.0775. The summed E-state index contributed by atoms with van der Waals surface area (Å²) in [5.41, 5.74) is 2.48. The maximum atomic E-state index is 6.60. The third-order valence-corrected chi connectivity index (χ3v) is 9.36. The van der Waals surface area contributed by atoms with Crippen LogP contribution in [-0.4, -0.2) is 12.7 Å². The first-order chi connectivity index (χ1) is 13.0. The average Bonchev–Trinajstić information content (AvgIpc) is 3.01. The van der Waals surface area contributed by atoms with Gasteiger partial charge < -0.3 is 4.74 Å². The average molecular weight is 371 g/mol. The molecule has 0 bridgehead atoms. The van der Waals surface area contributed by atoms with Crippen LogP contribution < -0.4 is 0 Å². The first-order valence-corrected chi connectivity index (χ1v) is 12.0. The molecular formula is C26H42O. The van der Waals surface area contributed by atoms with Crippen LogP contribution in [0.1, 0.15) is 91.9 Å². The summed E-state index contributed by atoms with van der Waals surface area (Å²) in [6.45, 7) is 10.9. The van der Waals surface area contributed by atoms with Crippen molar-refractivity contribution >= 4 is 0 Å². The van der Waals surface area contributed by atoms with Gasteiger partial charge in [-0.05, 0) is 79.6 Å². The topological polar surface area (TPSA) is 9.23 Å². The molecule has 27 heavy (non-hydrogen) atoms. The Morgan fingerprint density at radius 2 is 1.93 bits per heavy atom. The molecule has 0 N–H and O–H groups in total. The number of fused-ring (bicyclic) bond motifs is 5. The van der Waals surface area contributed by atoms with Crippen molar-refractivity contribution in [2.24, 2.45) is 34.5 Å². The molecule has 0 aliphatic heterocycles. The lowest BCUT2D eigenvalue weighted by Gasteiger charge is -2.58. The van der Waals surface area contributed by atoms with E-state index in [1.165, 1.54) is 57.8 Å². The Bertz CT molecular complexity index is 589. The van der Waals surface area contributed by atoms with Crippen LogP contribution in [-0.2, 0) is 4.74 Å². The molecule has 0 amide bonds. The highest BCUT2D eigenvalue weighted by Gasteiger charge is 2.59. The summed E-state index contributed by atoms with van der Waals surface area (Å²) in [5, 5.41) is 0. The van der Waals surface area contributed by atoms with Crippen LogP contribution in [0.5, 0.6) is 0 Å². The number of ether oxygens (including phenoxy) is 1. The van der Waals surface area contributed by atoms with E-state index in [1.807, 2.05) is 0 Å². The normalized spacial score (nSPS) is 45.8. The summed E-state index contributed by atoms with van der Waals surface area (Å²) >= 11 is 0. The number of rotatable bonds is 6. The van der Waals surface area contributed by atoms with E-state index < -0.39 is 0 Å². The van der Waals surface area contributed by atoms with Gasteiger partial charge in [0.25, 0.3) is 0 Å². The molecule has 0 aromatic rings. The van der Waals surface area contributed by atoms with Crippen LogP contribution in [0, 0.1) is 34.5 Å². The van der Waals surface area contributed by atoms with Crippen molar-refractivity contribution in [2.75, 3.05) is 6.61 Å². The van der Waals surface area contributed by atoms with Gasteiger partial charge in [0, 0.05) is 12.0 Å². The van der Waals surface area contributed by atoms with Crippen LogP contribution in [0.15, 0.2) is 23.8 Å². The van der Waals surface area contributed by atoms with Crippen LogP contribution >= 0.6 is 0 Å². The Labute approximate surface area is 168 Å². The van der Waals surface area contributed by atoms with Crippen LogP contribution in [0.4, 0.5) is 0 Å². The molecule has 0 saturated heterocycles. The molecule has 0 aromatic heterocycles. The molecule has 3 fully saturated rings. The highest BCUT2D eigenvalue weighted by Crippen LogP contribution is 2.66. The molecule has 0 unspecified atom stereocenters. The van der Waals surface area contributed by atoms with E-state index in [1.54, 1.807) is 5.57 Å². The van der Waals surface area contributed by atoms with Crippen LogP contribution in [0.2, 0.25) is 0 Å². The van der Waals surface area contributed by atoms with E-state index in [4.69, 9.17) is 4.74 Å². The second-order valence-electron chi connectivity index (χ2n) is 10.5. The zero-order valence-corrected chi connectivity index (χ0v) is 18.3. The largest absolute Gasteiger partial charge is 0.374 e. The molecule has 0 radical (unpaired) electrons. The zero-order valence-electron chi connectivity index (χ0n) is 18.3. The summed E-state index contributed by atoms with van der Waals surface area (Å²) in [6, 6.07) is 0. The highest BCUT2D eigenvalue weighted by atomic mass is 16.5. The molecular weight excluding hydrogens is 328 g/mol. The second-order valence-corrected chi connectivity index (χ2v) is 10.5. The first-order valence-electron chi connectivity index (χ1n) is 12.0. The minimum absolute atomic E-state index is 0.252. The molecule has 3 saturated carbocycles. The predicted octanol–water partition coefficient (Wildman–Crippen LogP) is 7.33. The third kappa shape index (κ3) is 3.17. The lowest BCUT2D eigenvalue weighted by atomic mass is 9.47. The Hall–Kier alpha value is -0.560. The van der Waals surface area contributed by atoms with Gasteiger partial charge in [-0.25, -0.2) is 0 Å². The maximum absolute atomic E-state index is 6.60. The van der Waals surface area contributed by atoms with Gasteiger partial charge in [-0.1, -0.05) is 65.2 Å². The maximum Gasteiger partial charge on any atom is 0.0796 e. The number of unbranched alkanes of at least 4 members (excludes halogenated alkanes) is 2. The molecule has 4 rings (SSSR count). The van der Waals surface area contributed by atoms with E-state index >= 15 is 0 Å². The first kappa shape index (κ1) is 19.7. The van der Waals surface area contributed by atoms with Crippen molar-refractivity contribution in [3.8, 4) is 0 Å². The molecule has 1 nitrogen and oxygen atoms in total. The van der Waals surface area contributed by atoms with Gasteiger partial charge in [-0.2, -0.15) is 0 Å². The fourth-order valence-electron chi connectivity index (χ4n) is 7.89. The van der Waals surface area contributed by atoms with E-state index in [2.05, 4.69) is 45.9 Å². The molecule has 0 spiro atoms. The van der Waals surface area contributed by atoms with E-state index in [-0.39, 0.29) is 5.41 Å². The van der Waals surface area contributed by atoms with Crippen molar-refractivity contribution in [1.29, 1.82) is 0 Å². The summed E-state index contributed by atoms with van der Waals surface area (Å²) in [7, 11) is 0. The molecule has 152 valence electrons. The standard InChI is InChI=1S/C26H42O/c1-5-7-10-17-27-24-18-20-21-13-12-19(6-2)25(21,3)16-14-22(20)26(4)15-9-8-11-23(24)26/h9,11,15,19-22,24H,5-8,10,12-14,16-18H2,1-4H3/t19-,20-,21-,22-,24+,25+,26+/m0/s1. The summed E-state index contributed by atoms with van der Waals surface area (Å²) in [5.74, 6) is 3.58. The lowest BCUT2D eigenvalue weighted by Crippen LogP contribution is -2.53. The third-order valence-electron chi connectivity index (χ3n) is 9.36. The van der Waals surface area contributed by atoms with Gasteiger partial charge in [0.1, 0.15) is 0 Å².